The highest BCUT2D eigenvalue weighted by Crippen LogP contribution is 2.32. The molecule has 2 aromatic carbocycles. The van der Waals surface area contributed by atoms with Gasteiger partial charge in [-0.25, -0.2) is 4.99 Å². The second-order valence-corrected chi connectivity index (χ2v) is 9.69. The lowest BCUT2D eigenvalue weighted by Gasteiger charge is -2.29. The quantitative estimate of drug-likeness (QED) is 0.415. The lowest BCUT2D eigenvalue weighted by molar-refractivity contribution is -0.127. The minimum atomic E-state index is -0.610. The van der Waals surface area contributed by atoms with E-state index in [9.17, 15) is 9.59 Å². The van der Waals surface area contributed by atoms with E-state index >= 15 is 0 Å². The Morgan fingerprint density at radius 1 is 1.19 bits per heavy atom. The highest BCUT2D eigenvalue weighted by Gasteiger charge is 2.34. The van der Waals surface area contributed by atoms with E-state index < -0.39 is 6.04 Å². The van der Waals surface area contributed by atoms with Gasteiger partial charge < -0.3 is 9.64 Å². The standard InChI is InChI=1S/C28H28ClN3O3S/c1-5-16-35-22-11-9-8-10-20(22)17-23-26(33)32-25(19-12-14-21(29)15-13-19)24(18(4)30-28(32)36-23)27(34)31(6-2)7-3/h5,8-15,17,25H,1,6-7,16H2,2-4H3/b23-17+/t25-/m0/s1. The molecule has 3 aromatic rings. The number of likely N-dealkylation sites (N-methyl/N-ethyl adjacent to an activating group) is 1. The van der Waals surface area contributed by atoms with E-state index in [0.29, 0.717) is 51.1 Å². The van der Waals surface area contributed by atoms with Crippen molar-refractivity contribution in [3.63, 3.8) is 0 Å². The molecule has 6 nitrogen and oxygen atoms in total. The first-order valence-corrected chi connectivity index (χ1v) is 13.0. The number of thiazole rings is 1. The van der Waals surface area contributed by atoms with Gasteiger partial charge in [-0.1, -0.05) is 65.9 Å². The van der Waals surface area contributed by atoms with Gasteiger partial charge in [0.15, 0.2) is 4.80 Å². The molecule has 0 aliphatic carbocycles. The van der Waals surface area contributed by atoms with Crippen LogP contribution in [0.4, 0.5) is 0 Å². The van der Waals surface area contributed by atoms with E-state index in [1.165, 1.54) is 11.3 Å². The molecule has 0 spiro atoms. The highest BCUT2D eigenvalue weighted by molar-refractivity contribution is 7.07. The highest BCUT2D eigenvalue weighted by atomic mass is 35.5. The number of fused-ring (bicyclic) bond motifs is 1. The Labute approximate surface area is 219 Å². The summed E-state index contributed by atoms with van der Waals surface area (Å²) >= 11 is 7.45. The van der Waals surface area contributed by atoms with Gasteiger partial charge in [0.2, 0.25) is 0 Å². The van der Waals surface area contributed by atoms with Crippen molar-refractivity contribution in [3.8, 4) is 5.75 Å². The van der Waals surface area contributed by atoms with E-state index in [2.05, 4.69) is 6.58 Å². The minimum absolute atomic E-state index is 0.126. The van der Waals surface area contributed by atoms with Crippen LogP contribution in [0.1, 0.15) is 37.9 Å². The third-order valence-corrected chi connectivity index (χ3v) is 7.29. The van der Waals surface area contributed by atoms with Gasteiger partial charge in [-0.2, -0.15) is 0 Å². The summed E-state index contributed by atoms with van der Waals surface area (Å²) in [6.45, 7) is 10.9. The summed E-state index contributed by atoms with van der Waals surface area (Å²) in [6, 6.07) is 14.2. The predicted molar refractivity (Wildman–Crippen MR) is 145 cm³/mol. The molecule has 8 heteroatoms. The van der Waals surface area contributed by atoms with Crippen LogP contribution in [-0.4, -0.2) is 35.1 Å². The van der Waals surface area contributed by atoms with Crippen molar-refractivity contribution in [3.05, 3.63) is 108 Å². The summed E-state index contributed by atoms with van der Waals surface area (Å²) in [5.74, 6) is 0.532. The Morgan fingerprint density at radius 2 is 1.89 bits per heavy atom. The average Bonchev–Trinajstić information content (AvgIpc) is 3.18. The van der Waals surface area contributed by atoms with Crippen LogP contribution in [0.2, 0.25) is 5.02 Å². The number of carbonyl (C=O) groups is 1. The minimum Gasteiger partial charge on any atom is -0.489 e. The second kappa shape index (κ2) is 11.1. The first-order valence-electron chi connectivity index (χ1n) is 11.8. The summed E-state index contributed by atoms with van der Waals surface area (Å²) in [6.07, 6.45) is 3.49. The molecule has 0 saturated heterocycles. The normalized spacial score (nSPS) is 15.3. The predicted octanol–water partition coefficient (Wildman–Crippen LogP) is 4.32. The van der Waals surface area contributed by atoms with Crippen LogP contribution in [0.3, 0.4) is 0 Å². The summed E-state index contributed by atoms with van der Waals surface area (Å²) < 4.78 is 7.90. The molecule has 0 fully saturated rings. The van der Waals surface area contributed by atoms with E-state index in [0.717, 1.165) is 11.1 Å². The van der Waals surface area contributed by atoms with Crippen molar-refractivity contribution in [2.75, 3.05) is 19.7 Å². The van der Waals surface area contributed by atoms with E-state index in [1.54, 1.807) is 27.7 Å². The number of carbonyl (C=O) groups excluding carboxylic acids is 1. The van der Waals surface area contributed by atoms with Crippen LogP contribution in [0.25, 0.3) is 6.08 Å². The molecule has 0 saturated carbocycles. The Kier molecular flexibility index (Phi) is 7.91. The molecule has 186 valence electrons. The van der Waals surface area contributed by atoms with E-state index in [1.807, 2.05) is 63.2 Å². The van der Waals surface area contributed by atoms with Gasteiger partial charge in [0.25, 0.3) is 11.5 Å². The van der Waals surface area contributed by atoms with Gasteiger partial charge in [-0.3, -0.25) is 14.2 Å². The molecule has 4 rings (SSSR count). The molecule has 1 amide bonds. The number of nitrogens with zero attached hydrogens (tertiary/aromatic N) is 3. The number of hydrogen-bond acceptors (Lipinski definition) is 5. The summed E-state index contributed by atoms with van der Waals surface area (Å²) in [7, 11) is 0. The van der Waals surface area contributed by atoms with Gasteiger partial charge in [-0.15, -0.1) is 0 Å². The zero-order valence-corrected chi connectivity index (χ0v) is 22.1. The lowest BCUT2D eigenvalue weighted by atomic mass is 9.94. The SMILES string of the molecule is C=CCOc1ccccc1/C=c1/sc2n(c1=O)[C@@H](c1ccc(Cl)cc1)C(C(=O)N(CC)CC)=C(C)N=2. The summed E-state index contributed by atoms with van der Waals surface area (Å²) in [5.41, 5.74) is 2.47. The smallest absolute Gasteiger partial charge is 0.271 e. The molecule has 1 atom stereocenters. The zero-order chi connectivity index (χ0) is 25.8. The molecule has 0 unspecified atom stereocenters. The fraction of sp³-hybridized carbons (Fsp3) is 0.250. The summed E-state index contributed by atoms with van der Waals surface area (Å²) in [4.78, 5) is 34.5. The van der Waals surface area contributed by atoms with Crippen molar-refractivity contribution in [1.29, 1.82) is 0 Å². The number of halogens is 1. The summed E-state index contributed by atoms with van der Waals surface area (Å²) in [5, 5.41) is 0.583. The molecular weight excluding hydrogens is 494 g/mol. The molecule has 1 aliphatic heterocycles. The molecule has 0 radical (unpaired) electrons. The average molecular weight is 522 g/mol. The van der Waals surface area contributed by atoms with Crippen molar-refractivity contribution in [2.45, 2.75) is 26.8 Å². The van der Waals surface area contributed by atoms with Gasteiger partial charge in [0.1, 0.15) is 12.4 Å². The fourth-order valence-corrected chi connectivity index (χ4v) is 5.42. The van der Waals surface area contributed by atoms with E-state index in [-0.39, 0.29) is 11.5 Å². The topological polar surface area (TPSA) is 63.9 Å². The number of para-hydroxylation sites is 1. The zero-order valence-electron chi connectivity index (χ0n) is 20.5. The lowest BCUT2D eigenvalue weighted by Crippen LogP contribution is -2.43. The largest absolute Gasteiger partial charge is 0.489 e. The van der Waals surface area contributed by atoms with Crippen LogP contribution in [0.5, 0.6) is 5.75 Å². The number of benzene rings is 2. The Hall–Kier alpha value is -3.42. The molecule has 1 aliphatic rings. The first-order chi connectivity index (χ1) is 17.4. The number of amides is 1. The third-order valence-electron chi connectivity index (χ3n) is 6.05. The van der Waals surface area contributed by atoms with Crippen LogP contribution >= 0.6 is 22.9 Å². The Bertz CT molecular complexity index is 1500. The molecule has 2 heterocycles. The van der Waals surface area contributed by atoms with Crippen molar-refractivity contribution < 1.29 is 9.53 Å². The maximum Gasteiger partial charge on any atom is 0.271 e. The van der Waals surface area contributed by atoms with Crippen molar-refractivity contribution in [2.24, 2.45) is 4.99 Å². The first kappa shape index (κ1) is 25.7. The van der Waals surface area contributed by atoms with Crippen LogP contribution in [-0.2, 0) is 4.79 Å². The molecule has 1 aromatic heterocycles. The van der Waals surface area contributed by atoms with Gasteiger partial charge in [-0.05, 0) is 50.6 Å². The fourth-order valence-electron chi connectivity index (χ4n) is 4.26. The molecule has 0 bridgehead atoms. The maximum absolute atomic E-state index is 13.8. The number of hydrogen-bond donors (Lipinski definition) is 0. The van der Waals surface area contributed by atoms with Gasteiger partial charge in [0, 0.05) is 23.7 Å². The molecule has 36 heavy (non-hydrogen) atoms. The van der Waals surface area contributed by atoms with Crippen LogP contribution in [0, 0.1) is 0 Å². The monoisotopic (exact) mass is 521 g/mol. The number of allylic oxidation sites excluding steroid dienone is 1. The number of aromatic nitrogens is 1. The Morgan fingerprint density at radius 3 is 2.56 bits per heavy atom. The molecule has 0 N–H and O–H groups in total. The number of rotatable bonds is 8. The van der Waals surface area contributed by atoms with Crippen molar-refractivity contribution in [1.82, 2.24) is 9.47 Å². The van der Waals surface area contributed by atoms with Gasteiger partial charge >= 0.3 is 0 Å². The Balaban J connectivity index is 1.93. The molecular formula is C28H28ClN3O3S. The van der Waals surface area contributed by atoms with Crippen molar-refractivity contribution >= 4 is 34.9 Å². The maximum atomic E-state index is 13.8. The van der Waals surface area contributed by atoms with Crippen LogP contribution < -0.4 is 19.6 Å². The van der Waals surface area contributed by atoms with E-state index in [4.69, 9.17) is 21.3 Å². The second-order valence-electron chi connectivity index (χ2n) is 8.25. The third kappa shape index (κ3) is 4.94. The van der Waals surface area contributed by atoms with Crippen LogP contribution in [0.15, 0.2) is 82.2 Å². The van der Waals surface area contributed by atoms with Gasteiger partial charge in [0.05, 0.1) is 21.8 Å². The number of ether oxygens (including phenoxy) is 1.